The third kappa shape index (κ3) is 7.08. The Morgan fingerprint density at radius 1 is 0.727 bits per heavy atom. The van der Waals surface area contributed by atoms with Gasteiger partial charge in [0.15, 0.2) is 0 Å². The second-order valence-electron chi connectivity index (χ2n) is 8.15. The molecule has 0 saturated carbocycles. The van der Waals surface area contributed by atoms with Gasteiger partial charge in [0, 0.05) is 22.6 Å². The molecule has 0 aliphatic rings. The van der Waals surface area contributed by atoms with Crippen molar-refractivity contribution in [1.29, 1.82) is 0 Å². The van der Waals surface area contributed by atoms with Gasteiger partial charge < -0.3 is 10.1 Å². The van der Waals surface area contributed by atoms with E-state index < -0.39 is 21.7 Å². The van der Waals surface area contributed by atoms with Crippen molar-refractivity contribution in [2.45, 2.75) is 31.3 Å². The summed E-state index contributed by atoms with van der Waals surface area (Å²) in [5, 5.41) is 5.37. The molecule has 9 heteroatoms. The van der Waals surface area contributed by atoms with Gasteiger partial charge in [0.25, 0.3) is 15.9 Å². The summed E-state index contributed by atoms with van der Waals surface area (Å²) in [6.45, 7) is 5.32. The van der Waals surface area contributed by atoms with Gasteiger partial charge in [-0.1, -0.05) is 18.2 Å². The van der Waals surface area contributed by atoms with Crippen molar-refractivity contribution < 1.29 is 22.7 Å². The molecule has 3 N–H and O–H groups in total. The molecule has 2 amide bonds. The highest BCUT2D eigenvalue weighted by Gasteiger charge is 2.16. The zero-order valence-corrected chi connectivity index (χ0v) is 19.3. The Balaban J connectivity index is 1.59. The average Bonchev–Trinajstić information content (AvgIpc) is 2.74. The summed E-state index contributed by atoms with van der Waals surface area (Å²) in [7, 11) is -3.71. The smallest absolute Gasteiger partial charge is 0.412 e. The van der Waals surface area contributed by atoms with E-state index in [1.165, 1.54) is 36.4 Å². The molecule has 0 aromatic heterocycles. The van der Waals surface area contributed by atoms with Gasteiger partial charge in [-0.25, -0.2) is 13.2 Å². The zero-order chi connectivity index (χ0) is 24.1. The molecule has 0 radical (unpaired) electrons. The molecule has 3 rings (SSSR count). The van der Waals surface area contributed by atoms with Gasteiger partial charge in [0.05, 0.1) is 4.90 Å². The summed E-state index contributed by atoms with van der Waals surface area (Å²) in [6, 6.07) is 20.7. The molecule has 8 nitrogen and oxygen atoms in total. The number of anilines is 3. The highest BCUT2D eigenvalue weighted by molar-refractivity contribution is 7.92. The van der Waals surface area contributed by atoms with Crippen LogP contribution in [0, 0.1) is 0 Å². The van der Waals surface area contributed by atoms with Gasteiger partial charge in [-0.05, 0) is 81.4 Å². The monoisotopic (exact) mass is 467 g/mol. The van der Waals surface area contributed by atoms with E-state index in [-0.39, 0.29) is 10.8 Å². The molecule has 0 saturated heterocycles. The van der Waals surface area contributed by atoms with Crippen LogP contribution in [0.15, 0.2) is 83.8 Å². The van der Waals surface area contributed by atoms with Gasteiger partial charge in [-0.15, -0.1) is 0 Å². The Kier molecular flexibility index (Phi) is 7.03. The van der Waals surface area contributed by atoms with E-state index >= 15 is 0 Å². The third-order valence-electron chi connectivity index (χ3n) is 4.24. The molecule has 0 unspecified atom stereocenters. The molecule has 33 heavy (non-hydrogen) atoms. The standard InChI is InChI=1S/C24H25N3O5S/c1-24(2,3)32-23(29)26-19-15-13-18(14-16-19)25-22(28)17-9-11-20(12-10-17)27-33(30,31)21-7-5-4-6-8-21/h4-16,27H,1-3H3,(H,25,28)(H,26,29). The van der Waals surface area contributed by atoms with Crippen LogP contribution in [0.4, 0.5) is 21.9 Å². The van der Waals surface area contributed by atoms with E-state index in [1.807, 2.05) is 0 Å². The van der Waals surface area contributed by atoms with Crippen molar-refractivity contribution in [2.24, 2.45) is 0 Å². The van der Waals surface area contributed by atoms with Crippen LogP contribution in [0.5, 0.6) is 0 Å². The maximum absolute atomic E-state index is 12.5. The van der Waals surface area contributed by atoms with Gasteiger partial charge in [0.2, 0.25) is 0 Å². The van der Waals surface area contributed by atoms with Crippen LogP contribution < -0.4 is 15.4 Å². The average molecular weight is 468 g/mol. The number of benzene rings is 3. The number of rotatable bonds is 6. The molecule has 172 valence electrons. The third-order valence-corrected chi connectivity index (χ3v) is 5.64. The van der Waals surface area contributed by atoms with Crippen LogP contribution in [0.3, 0.4) is 0 Å². The first-order chi connectivity index (χ1) is 15.5. The molecular weight excluding hydrogens is 442 g/mol. The van der Waals surface area contributed by atoms with Crippen LogP contribution in [-0.4, -0.2) is 26.0 Å². The number of sulfonamides is 1. The lowest BCUT2D eigenvalue weighted by atomic mass is 10.2. The lowest BCUT2D eigenvalue weighted by molar-refractivity contribution is 0.0635. The van der Waals surface area contributed by atoms with E-state index in [2.05, 4.69) is 15.4 Å². The second kappa shape index (κ2) is 9.74. The first-order valence-electron chi connectivity index (χ1n) is 10.1. The molecule has 0 heterocycles. The molecule has 0 aliphatic heterocycles. The Morgan fingerprint density at radius 2 is 1.24 bits per heavy atom. The second-order valence-corrected chi connectivity index (χ2v) is 9.84. The fourth-order valence-corrected chi connectivity index (χ4v) is 3.84. The Bertz CT molecular complexity index is 1220. The summed E-state index contributed by atoms with van der Waals surface area (Å²) < 4.78 is 32.5. The number of amides is 2. The SMILES string of the molecule is CC(C)(C)OC(=O)Nc1ccc(NC(=O)c2ccc(NS(=O)(=O)c3ccccc3)cc2)cc1. The maximum Gasteiger partial charge on any atom is 0.412 e. The van der Waals surface area contributed by atoms with E-state index in [4.69, 9.17) is 4.74 Å². The number of nitrogens with one attached hydrogen (secondary N) is 3. The Morgan fingerprint density at radius 3 is 1.79 bits per heavy atom. The fraction of sp³-hybridized carbons (Fsp3) is 0.167. The van der Waals surface area contributed by atoms with Gasteiger partial charge in [-0.2, -0.15) is 0 Å². The molecule has 0 spiro atoms. The lowest BCUT2D eigenvalue weighted by Gasteiger charge is -2.19. The molecule has 0 bridgehead atoms. The number of carbonyl (C=O) groups excluding carboxylic acids is 2. The van der Waals surface area contributed by atoms with E-state index in [0.717, 1.165) is 0 Å². The molecule has 0 aliphatic carbocycles. The predicted molar refractivity (Wildman–Crippen MR) is 128 cm³/mol. The number of hydrogen-bond donors (Lipinski definition) is 3. The minimum absolute atomic E-state index is 0.149. The largest absolute Gasteiger partial charge is 0.444 e. The highest BCUT2D eigenvalue weighted by atomic mass is 32.2. The van der Waals surface area contributed by atoms with E-state index in [1.54, 1.807) is 63.2 Å². The predicted octanol–water partition coefficient (Wildman–Crippen LogP) is 5.09. The summed E-state index contributed by atoms with van der Waals surface area (Å²) in [5.74, 6) is -0.361. The van der Waals surface area contributed by atoms with Crippen molar-refractivity contribution in [1.82, 2.24) is 0 Å². The fourth-order valence-electron chi connectivity index (χ4n) is 2.76. The van der Waals surface area contributed by atoms with Gasteiger partial charge in [0.1, 0.15) is 5.60 Å². The molecular formula is C24H25N3O5S. The van der Waals surface area contributed by atoms with Crippen molar-refractivity contribution in [3.8, 4) is 0 Å². The van der Waals surface area contributed by atoms with Crippen LogP contribution in [0.1, 0.15) is 31.1 Å². The van der Waals surface area contributed by atoms with Crippen LogP contribution in [0.2, 0.25) is 0 Å². The van der Waals surface area contributed by atoms with Crippen molar-refractivity contribution in [3.63, 3.8) is 0 Å². The zero-order valence-electron chi connectivity index (χ0n) is 18.5. The summed E-state index contributed by atoms with van der Waals surface area (Å²) >= 11 is 0. The molecule has 0 fully saturated rings. The minimum Gasteiger partial charge on any atom is -0.444 e. The topological polar surface area (TPSA) is 114 Å². The minimum atomic E-state index is -3.71. The Labute approximate surface area is 193 Å². The number of ether oxygens (including phenoxy) is 1. The Hall–Kier alpha value is -3.85. The van der Waals surface area contributed by atoms with E-state index in [0.29, 0.717) is 22.6 Å². The lowest BCUT2D eigenvalue weighted by Crippen LogP contribution is -2.27. The summed E-state index contributed by atoms with van der Waals surface area (Å²) in [6.07, 6.45) is -0.567. The highest BCUT2D eigenvalue weighted by Crippen LogP contribution is 2.19. The van der Waals surface area contributed by atoms with Crippen molar-refractivity contribution >= 4 is 39.1 Å². The van der Waals surface area contributed by atoms with E-state index in [9.17, 15) is 18.0 Å². The summed E-state index contributed by atoms with van der Waals surface area (Å²) in [5.41, 5.74) is 1.15. The molecule has 3 aromatic carbocycles. The van der Waals surface area contributed by atoms with Crippen LogP contribution in [0.25, 0.3) is 0 Å². The van der Waals surface area contributed by atoms with Crippen molar-refractivity contribution in [3.05, 3.63) is 84.4 Å². The van der Waals surface area contributed by atoms with Crippen LogP contribution >= 0.6 is 0 Å². The first kappa shape index (κ1) is 23.8. The molecule has 3 aromatic rings. The summed E-state index contributed by atoms with van der Waals surface area (Å²) in [4.78, 5) is 24.5. The number of hydrogen-bond acceptors (Lipinski definition) is 5. The van der Waals surface area contributed by atoms with Crippen molar-refractivity contribution in [2.75, 3.05) is 15.4 Å². The van der Waals surface area contributed by atoms with Gasteiger partial charge in [-0.3, -0.25) is 14.8 Å². The number of carbonyl (C=O) groups is 2. The first-order valence-corrected chi connectivity index (χ1v) is 11.6. The van der Waals surface area contributed by atoms with Crippen LogP contribution in [-0.2, 0) is 14.8 Å². The van der Waals surface area contributed by atoms with Gasteiger partial charge >= 0.3 is 6.09 Å². The molecule has 0 atom stereocenters. The maximum atomic E-state index is 12.5. The normalized spacial score (nSPS) is 11.4. The quantitative estimate of drug-likeness (QED) is 0.467.